The molecule has 0 amide bonds. The quantitative estimate of drug-likeness (QED) is 0.635. The van der Waals surface area contributed by atoms with Crippen LogP contribution in [0.15, 0.2) is 23.3 Å². The maximum Gasteiger partial charge on any atom is 0.193 e. The summed E-state index contributed by atoms with van der Waals surface area (Å²) in [5.41, 5.74) is 1.28. The number of hydrogen-bond donors (Lipinski definition) is 1. The third-order valence-electron chi connectivity index (χ3n) is 4.32. The Morgan fingerprint density at radius 1 is 1.43 bits per heavy atom. The summed E-state index contributed by atoms with van der Waals surface area (Å²) < 4.78 is 2.15. The highest BCUT2D eigenvalue weighted by atomic mass is 15.3. The first-order chi connectivity index (χ1) is 10.0. The Labute approximate surface area is 128 Å². The molecule has 1 aromatic rings. The van der Waals surface area contributed by atoms with E-state index in [1.54, 1.807) is 0 Å². The smallest absolute Gasteiger partial charge is 0.193 e. The number of aliphatic imine (C=N–C) groups is 1. The molecule has 5 nitrogen and oxygen atoms in total. The summed E-state index contributed by atoms with van der Waals surface area (Å²) in [5, 5.41) is 3.53. The highest BCUT2D eigenvalue weighted by Gasteiger charge is 2.32. The number of hydrogen-bond acceptors (Lipinski definition) is 2. The topological polar surface area (TPSA) is 35.8 Å². The van der Waals surface area contributed by atoms with Crippen molar-refractivity contribution in [2.24, 2.45) is 18.0 Å². The van der Waals surface area contributed by atoms with Crippen molar-refractivity contribution in [2.75, 3.05) is 34.7 Å². The second kappa shape index (κ2) is 6.98. The van der Waals surface area contributed by atoms with E-state index in [1.807, 2.05) is 7.05 Å². The van der Waals surface area contributed by atoms with Gasteiger partial charge in [-0.05, 0) is 45.0 Å². The number of nitrogens with one attached hydrogen (secondary N) is 1. The normalized spacial score (nSPS) is 17.1. The molecule has 1 aliphatic rings. The second-order valence-electron chi connectivity index (χ2n) is 6.26. The van der Waals surface area contributed by atoms with Crippen LogP contribution in [-0.4, -0.2) is 61.1 Å². The third kappa shape index (κ3) is 4.24. The van der Waals surface area contributed by atoms with E-state index in [4.69, 9.17) is 0 Å². The van der Waals surface area contributed by atoms with Gasteiger partial charge in [-0.25, -0.2) is 0 Å². The van der Waals surface area contributed by atoms with E-state index < -0.39 is 0 Å². The van der Waals surface area contributed by atoms with Crippen LogP contribution in [-0.2, 0) is 13.6 Å². The van der Waals surface area contributed by atoms with Gasteiger partial charge in [0.1, 0.15) is 0 Å². The fourth-order valence-corrected chi connectivity index (χ4v) is 2.81. The lowest BCUT2D eigenvalue weighted by atomic mass is 10.1. The predicted molar refractivity (Wildman–Crippen MR) is 88.4 cm³/mol. The van der Waals surface area contributed by atoms with E-state index in [0.29, 0.717) is 6.04 Å². The number of aromatic nitrogens is 1. The molecule has 0 aromatic carbocycles. The first-order valence-electron chi connectivity index (χ1n) is 7.71. The van der Waals surface area contributed by atoms with Gasteiger partial charge in [0.25, 0.3) is 0 Å². The van der Waals surface area contributed by atoms with Crippen molar-refractivity contribution >= 4 is 5.96 Å². The largest absolute Gasteiger partial charge is 0.355 e. The van der Waals surface area contributed by atoms with Crippen LogP contribution < -0.4 is 5.32 Å². The average molecular weight is 291 g/mol. The van der Waals surface area contributed by atoms with Gasteiger partial charge >= 0.3 is 0 Å². The zero-order valence-electron chi connectivity index (χ0n) is 14.0. The summed E-state index contributed by atoms with van der Waals surface area (Å²) in [7, 11) is 10.4. The van der Waals surface area contributed by atoms with Crippen LogP contribution in [0.3, 0.4) is 0 Å². The summed E-state index contributed by atoms with van der Waals surface area (Å²) in [5.74, 6) is 1.81. The maximum absolute atomic E-state index is 4.41. The molecule has 1 fully saturated rings. The van der Waals surface area contributed by atoms with Gasteiger partial charge in [0.2, 0.25) is 0 Å². The zero-order valence-corrected chi connectivity index (χ0v) is 14.0. The van der Waals surface area contributed by atoms with E-state index in [1.165, 1.54) is 18.5 Å². The average Bonchev–Trinajstić information content (AvgIpc) is 3.19. The molecule has 0 spiro atoms. The number of nitrogens with zero attached hydrogens (tertiary/aromatic N) is 4. The van der Waals surface area contributed by atoms with E-state index >= 15 is 0 Å². The second-order valence-corrected chi connectivity index (χ2v) is 6.26. The highest BCUT2D eigenvalue weighted by molar-refractivity contribution is 5.79. The van der Waals surface area contributed by atoms with Gasteiger partial charge in [-0.3, -0.25) is 4.99 Å². The zero-order chi connectivity index (χ0) is 15.4. The van der Waals surface area contributed by atoms with E-state index in [-0.39, 0.29) is 0 Å². The Kier molecular flexibility index (Phi) is 5.28. The van der Waals surface area contributed by atoms with Crippen LogP contribution >= 0.6 is 0 Å². The minimum Gasteiger partial charge on any atom is -0.355 e. The molecule has 5 heteroatoms. The lowest BCUT2D eigenvalue weighted by Gasteiger charge is -2.28. The van der Waals surface area contributed by atoms with Crippen LogP contribution in [0.2, 0.25) is 0 Å². The molecule has 1 atom stereocenters. The molecular formula is C16H29N5. The van der Waals surface area contributed by atoms with Gasteiger partial charge < -0.3 is 19.7 Å². The van der Waals surface area contributed by atoms with Crippen molar-refractivity contribution in [1.82, 2.24) is 19.7 Å². The molecule has 2 rings (SSSR count). The molecule has 118 valence electrons. The number of aryl methyl sites for hydroxylation is 1. The lowest BCUT2D eigenvalue weighted by Crippen LogP contribution is -2.46. The Morgan fingerprint density at radius 2 is 2.14 bits per heavy atom. The summed E-state index contributed by atoms with van der Waals surface area (Å²) in [6.45, 7) is 1.82. The van der Waals surface area contributed by atoms with Gasteiger partial charge in [-0.15, -0.1) is 0 Å². The van der Waals surface area contributed by atoms with Gasteiger partial charge in [0, 0.05) is 45.6 Å². The predicted octanol–water partition coefficient (Wildman–Crippen LogP) is 1.37. The first-order valence-corrected chi connectivity index (χ1v) is 7.71. The molecule has 1 heterocycles. The van der Waals surface area contributed by atoms with E-state index in [9.17, 15) is 0 Å². The van der Waals surface area contributed by atoms with Crippen LogP contribution in [0.1, 0.15) is 18.5 Å². The van der Waals surface area contributed by atoms with Crippen molar-refractivity contribution in [3.63, 3.8) is 0 Å². The Balaban J connectivity index is 1.88. The molecular weight excluding hydrogens is 262 g/mol. The summed E-state index contributed by atoms with van der Waals surface area (Å²) in [6.07, 6.45) is 4.80. The molecule has 1 aromatic heterocycles. The molecule has 0 bridgehead atoms. The monoisotopic (exact) mass is 291 g/mol. The van der Waals surface area contributed by atoms with Crippen molar-refractivity contribution < 1.29 is 0 Å². The van der Waals surface area contributed by atoms with Crippen LogP contribution in [0, 0.1) is 5.92 Å². The number of guanidine groups is 1. The van der Waals surface area contributed by atoms with Gasteiger partial charge in [-0.2, -0.15) is 0 Å². The SMILES string of the molecule is CN=C(NCC(C1CC1)N(C)C)N(C)Cc1cccn1C. The van der Waals surface area contributed by atoms with Crippen molar-refractivity contribution in [2.45, 2.75) is 25.4 Å². The Bertz CT molecular complexity index is 471. The molecule has 0 radical (unpaired) electrons. The standard InChI is InChI=1S/C16H29N5/c1-17-16(18-11-15(19(2)3)13-8-9-13)21(5)12-14-7-6-10-20(14)4/h6-7,10,13,15H,8-9,11-12H2,1-5H3,(H,17,18). The third-order valence-corrected chi connectivity index (χ3v) is 4.32. The lowest BCUT2D eigenvalue weighted by molar-refractivity contribution is 0.262. The van der Waals surface area contributed by atoms with Crippen molar-refractivity contribution in [1.29, 1.82) is 0 Å². The summed E-state index contributed by atoms with van der Waals surface area (Å²) in [6, 6.07) is 4.83. The maximum atomic E-state index is 4.41. The highest BCUT2D eigenvalue weighted by Crippen LogP contribution is 2.34. The molecule has 0 saturated heterocycles. The van der Waals surface area contributed by atoms with Gasteiger partial charge in [0.05, 0.1) is 6.54 Å². The molecule has 1 saturated carbocycles. The van der Waals surface area contributed by atoms with Crippen LogP contribution in [0.5, 0.6) is 0 Å². The Hall–Kier alpha value is -1.49. The molecule has 1 unspecified atom stereocenters. The molecule has 0 aliphatic heterocycles. The van der Waals surface area contributed by atoms with Crippen molar-refractivity contribution in [3.8, 4) is 0 Å². The van der Waals surface area contributed by atoms with E-state index in [2.05, 4.69) is 71.2 Å². The van der Waals surface area contributed by atoms with E-state index in [0.717, 1.165) is 25.0 Å². The summed E-state index contributed by atoms with van der Waals surface area (Å²) >= 11 is 0. The minimum absolute atomic E-state index is 0.602. The van der Waals surface area contributed by atoms with Crippen LogP contribution in [0.25, 0.3) is 0 Å². The molecule has 1 aliphatic carbocycles. The number of likely N-dealkylation sites (N-methyl/N-ethyl adjacent to an activating group) is 1. The molecule has 21 heavy (non-hydrogen) atoms. The fraction of sp³-hybridized carbons (Fsp3) is 0.688. The van der Waals surface area contributed by atoms with Crippen molar-refractivity contribution in [3.05, 3.63) is 24.0 Å². The van der Waals surface area contributed by atoms with Crippen LogP contribution in [0.4, 0.5) is 0 Å². The fourth-order valence-electron chi connectivity index (χ4n) is 2.81. The van der Waals surface area contributed by atoms with Gasteiger partial charge in [-0.1, -0.05) is 0 Å². The minimum atomic E-state index is 0.602. The van der Waals surface area contributed by atoms with Gasteiger partial charge in [0.15, 0.2) is 5.96 Å². The number of rotatable bonds is 6. The first kappa shape index (κ1) is 15.9. The summed E-state index contributed by atoms with van der Waals surface area (Å²) in [4.78, 5) is 8.92. The molecule has 1 N–H and O–H groups in total. The Morgan fingerprint density at radius 3 is 2.62 bits per heavy atom.